The molecule has 0 unspecified atom stereocenters. The Morgan fingerprint density at radius 3 is 2.47 bits per heavy atom. The standard InChI is InChI=1S/C32H35N5O6S2/c1-5-43-31(40)27-21-13-7-11-17-25(21)45-30(27)34-28(38)19(2)44-32-36-35-26(37(32)22-14-8-10-16-24(22)42-4)18-33-29(39)20-12-6-9-15-23(20)41-3/h6,8-10,12,14-16,19H,5,7,11,13,17-18H2,1-4H3,(H,33,39)(H,34,38)/t19-/m0/s1. The number of thiophene rings is 1. The number of carbonyl (C=O) groups excluding carboxylic acids is 3. The zero-order chi connectivity index (χ0) is 31.9. The molecule has 0 radical (unpaired) electrons. The minimum Gasteiger partial charge on any atom is -0.496 e. The van der Waals surface area contributed by atoms with E-state index in [1.165, 1.54) is 30.2 Å². The summed E-state index contributed by atoms with van der Waals surface area (Å²) < 4.78 is 18.1. The van der Waals surface area contributed by atoms with Gasteiger partial charge in [-0.15, -0.1) is 21.5 Å². The highest BCUT2D eigenvalue weighted by Crippen LogP contribution is 2.39. The largest absolute Gasteiger partial charge is 0.496 e. The van der Waals surface area contributed by atoms with Crippen molar-refractivity contribution in [3.05, 3.63) is 75.9 Å². The summed E-state index contributed by atoms with van der Waals surface area (Å²) in [6, 6.07) is 14.3. The van der Waals surface area contributed by atoms with E-state index in [2.05, 4.69) is 20.8 Å². The van der Waals surface area contributed by atoms with Gasteiger partial charge in [-0.05, 0) is 69.4 Å². The maximum atomic E-state index is 13.5. The number of benzene rings is 2. The molecule has 2 amide bonds. The molecular weight excluding hydrogens is 615 g/mol. The maximum Gasteiger partial charge on any atom is 0.341 e. The molecule has 236 valence electrons. The van der Waals surface area contributed by atoms with Crippen molar-refractivity contribution in [3.8, 4) is 17.2 Å². The molecule has 0 aliphatic heterocycles. The third-order valence-electron chi connectivity index (χ3n) is 7.32. The third kappa shape index (κ3) is 6.99. The number of amides is 2. The van der Waals surface area contributed by atoms with Crippen molar-refractivity contribution in [2.45, 2.75) is 56.5 Å². The van der Waals surface area contributed by atoms with Crippen molar-refractivity contribution >= 4 is 45.9 Å². The van der Waals surface area contributed by atoms with Gasteiger partial charge < -0.3 is 24.8 Å². The summed E-state index contributed by atoms with van der Waals surface area (Å²) in [4.78, 5) is 40.6. The molecule has 4 aromatic rings. The fourth-order valence-corrected chi connectivity index (χ4v) is 7.29. The van der Waals surface area contributed by atoms with E-state index in [1.54, 1.807) is 49.8 Å². The minimum atomic E-state index is -0.618. The number of anilines is 1. The van der Waals surface area contributed by atoms with Crippen LogP contribution < -0.4 is 20.1 Å². The van der Waals surface area contributed by atoms with Crippen LogP contribution in [0.15, 0.2) is 53.7 Å². The van der Waals surface area contributed by atoms with Crippen LogP contribution in [0.2, 0.25) is 0 Å². The first-order valence-electron chi connectivity index (χ1n) is 14.6. The number of methoxy groups -OCH3 is 2. The number of para-hydroxylation sites is 3. The molecule has 1 aliphatic carbocycles. The summed E-state index contributed by atoms with van der Waals surface area (Å²) in [5.41, 5.74) is 2.49. The number of hydrogen-bond donors (Lipinski definition) is 2. The van der Waals surface area contributed by atoms with E-state index >= 15 is 0 Å². The first kappa shape index (κ1) is 32.0. The van der Waals surface area contributed by atoms with Crippen molar-refractivity contribution in [2.75, 3.05) is 26.1 Å². The van der Waals surface area contributed by atoms with E-state index < -0.39 is 11.2 Å². The first-order chi connectivity index (χ1) is 21.9. The highest BCUT2D eigenvalue weighted by atomic mass is 32.2. The minimum absolute atomic E-state index is 0.0483. The van der Waals surface area contributed by atoms with Crippen LogP contribution in [0, 0.1) is 0 Å². The predicted molar refractivity (Wildman–Crippen MR) is 173 cm³/mol. The van der Waals surface area contributed by atoms with Gasteiger partial charge >= 0.3 is 5.97 Å². The number of aromatic nitrogens is 3. The lowest BCUT2D eigenvalue weighted by atomic mass is 9.95. The average Bonchev–Trinajstić information content (AvgIpc) is 3.63. The summed E-state index contributed by atoms with van der Waals surface area (Å²) in [7, 11) is 3.08. The Bertz CT molecular complexity index is 1700. The second-order valence-corrected chi connectivity index (χ2v) is 12.6. The van der Waals surface area contributed by atoms with Gasteiger partial charge in [0.05, 0.1) is 49.4 Å². The number of thioether (sulfide) groups is 1. The lowest BCUT2D eigenvalue weighted by molar-refractivity contribution is -0.115. The maximum absolute atomic E-state index is 13.5. The molecule has 0 fully saturated rings. The molecule has 45 heavy (non-hydrogen) atoms. The van der Waals surface area contributed by atoms with Crippen LogP contribution in [0.4, 0.5) is 5.00 Å². The number of carbonyl (C=O) groups is 3. The molecule has 11 nitrogen and oxygen atoms in total. The molecule has 2 heterocycles. The molecule has 13 heteroatoms. The fourth-order valence-electron chi connectivity index (χ4n) is 5.13. The van der Waals surface area contributed by atoms with Crippen molar-refractivity contribution in [1.29, 1.82) is 0 Å². The second kappa shape index (κ2) is 14.6. The van der Waals surface area contributed by atoms with E-state index in [0.717, 1.165) is 36.1 Å². The van der Waals surface area contributed by atoms with Gasteiger partial charge in [0.1, 0.15) is 16.5 Å². The summed E-state index contributed by atoms with van der Waals surface area (Å²) in [6.45, 7) is 3.84. The van der Waals surface area contributed by atoms with Crippen LogP contribution in [0.5, 0.6) is 11.5 Å². The summed E-state index contributed by atoms with van der Waals surface area (Å²) >= 11 is 2.65. The normalized spacial score (nSPS) is 13.0. The Morgan fingerprint density at radius 1 is 1.00 bits per heavy atom. The first-order valence-corrected chi connectivity index (χ1v) is 16.3. The van der Waals surface area contributed by atoms with E-state index in [0.29, 0.717) is 44.3 Å². The molecule has 0 saturated heterocycles. The third-order valence-corrected chi connectivity index (χ3v) is 9.57. The number of hydrogen-bond acceptors (Lipinski definition) is 10. The Labute approximate surface area is 269 Å². The van der Waals surface area contributed by atoms with E-state index in [9.17, 15) is 14.4 Å². The number of nitrogens with zero attached hydrogens (tertiary/aromatic N) is 3. The lowest BCUT2D eigenvalue weighted by Gasteiger charge is -2.16. The molecular formula is C32H35N5O6S2. The van der Waals surface area contributed by atoms with Gasteiger partial charge in [0.2, 0.25) is 5.91 Å². The van der Waals surface area contributed by atoms with Gasteiger partial charge in [-0.2, -0.15) is 0 Å². The Balaban J connectivity index is 1.40. The monoisotopic (exact) mass is 649 g/mol. The molecule has 5 rings (SSSR count). The fraction of sp³-hybridized carbons (Fsp3) is 0.344. The molecule has 2 aromatic carbocycles. The number of aryl methyl sites for hydroxylation is 1. The van der Waals surface area contributed by atoms with Crippen LogP contribution in [-0.4, -0.2) is 58.6 Å². The quantitative estimate of drug-likeness (QED) is 0.152. The van der Waals surface area contributed by atoms with Gasteiger partial charge in [0.25, 0.3) is 5.91 Å². The summed E-state index contributed by atoms with van der Waals surface area (Å²) in [5.74, 6) is 0.424. The molecule has 0 bridgehead atoms. The van der Waals surface area contributed by atoms with Gasteiger partial charge in [-0.1, -0.05) is 36.0 Å². The number of esters is 1. The topological polar surface area (TPSA) is 134 Å². The predicted octanol–water partition coefficient (Wildman–Crippen LogP) is 5.45. The number of ether oxygens (including phenoxy) is 3. The lowest BCUT2D eigenvalue weighted by Crippen LogP contribution is -2.25. The second-order valence-electron chi connectivity index (χ2n) is 10.2. The number of fused-ring (bicyclic) bond motifs is 1. The summed E-state index contributed by atoms with van der Waals surface area (Å²) in [5, 5.41) is 15.0. The van der Waals surface area contributed by atoms with Gasteiger partial charge in [-0.25, -0.2) is 4.79 Å². The molecule has 2 aromatic heterocycles. The van der Waals surface area contributed by atoms with Crippen LogP contribution in [0.3, 0.4) is 0 Å². The van der Waals surface area contributed by atoms with Crippen molar-refractivity contribution in [1.82, 2.24) is 20.1 Å². The van der Waals surface area contributed by atoms with Gasteiger partial charge in [-0.3, -0.25) is 14.2 Å². The Morgan fingerprint density at radius 2 is 1.71 bits per heavy atom. The van der Waals surface area contributed by atoms with Crippen molar-refractivity contribution in [3.63, 3.8) is 0 Å². The van der Waals surface area contributed by atoms with Crippen LogP contribution >= 0.6 is 23.1 Å². The number of nitrogens with one attached hydrogen (secondary N) is 2. The molecule has 2 N–H and O–H groups in total. The van der Waals surface area contributed by atoms with Crippen molar-refractivity contribution < 1.29 is 28.6 Å². The van der Waals surface area contributed by atoms with Crippen LogP contribution in [0.1, 0.15) is 63.7 Å². The molecule has 0 saturated carbocycles. The van der Waals surface area contributed by atoms with E-state index in [-0.39, 0.29) is 25.0 Å². The smallest absolute Gasteiger partial charge is 0.341 e. The van der Waals surface area contributed by atoms with Crippen molar-refractivity contribution in [2.24, 2.45) is 0 Å². The van der Waals surface area contributed by atoms with E-state index in [4.69, 9.17) is 14.2 Å². The highest BCUT2D eigenvalue weighted by Gasteiger charge is 2.29. The van der Waals surface area contributed by atoms with Gasteiger partial charge in [0, 0.05) is 4.88 Å². The van der Waals surface area contributed by atoms with Crippen LogP contribution in [-0.2, 0) is 28.9 Å². The average molecular weight is 650 g/mol. The summed E-state index contributed by atoms with van der Waals surface area (Å²) in [6.07, 6.45) is 3.72. The highest BCUT2D eigenvalue weighted by molar-refractivity contribution is 8.00. The van der Waals surface area contributed by atoms with Crippen LogP contribution in [0.25, 0.3) is 5.69 Å². The van der Waals surface area contributed by atoms with Gasteiger partial charge in [0.15, 0.2) is 11.0 Å². The molecule has 1 atom stereocenters. The Kier molecular flexibility index (Phi) is 10.4. The molecule has 1 aliphatic rings. The SMILES string of the molecule is CCOC(=O)c1c(NC(=O)[C@H](C)Sc2nnc(CNC(=O)c3ccccc3OC)n2-c2ccccc2OC)sc2c1CCCC2. The zero-order valence-corrected chi connectivity index (χ0v) is 27.2. The van der Waals surface area contributed by atoms with E-state index in [1.807, 2.05) is 24.3 Å². The Hall–Kier alpha value is -4.36. The number of rotatable bonds is 12. The molecule has 0 spiro atoms. The zero-order valence-electron chi connectivity index (χ0n) is 25.5.